The number of aryl methyl sites for hydroxylation is 1. The molecule has 4 heteroatoms. The Morgan fingerprint density at radius 2 is 2.31 bits per heavy atom. The summed E-state index contributed by atoms with van der Waals surface area (Å²) in [7, 11) is 0. The first kappa shape index (κ1) is 12.2. The molecule has 84 valence electrons. The first-order chi connectivity index (χ1) is 7.69. The fourth-order valence-corrected chi connectivity index (χ4v) is 1.44. The van der Waals surface area contributed by atoms with E-state index in [9.17, 15) is 4.79 Å². The molecule has 0 aliphatic rings. The number of amides is 1. The zero-order valence-electron chi connectivity index (χ0n) is 9.18. The number of nitrogens with zero attached hydrogens (tertiary/aromatic N) is 2. The largest absolute Gasteiger partial charge is 0.396 e. The monoisotopic (exact) mass is 218 g/mol. The van der Waals surface area contributed by atoms with Crippen molar-refractivity contribution < 1.29 is 9.90 Å². The number of rotatable bonds is 4. The number of benzene rings is 1. The molecule has 0 unspecified atom stereocenters. The maximum atomic E-state index is 11.2. The van der Waals surface area contributed by atoms with Crippen LogP contribution in [0.25, 0.3) is 0 Å². The van der Waals surface area contributed by atoms with Crippen molar-refractivity contribution in [2.45, 2.75) is 19.8 Å². The van der Waals surface area contributed by atoms with Crippen molar-refractivity contribution in [3.8, 4) is 6.19 Å². The summed E-state index contributed by atoms with van der Waals surface area (Å²) >= 11 is 0. The van der Waals surface area contributed by atoms with Gasteiger partial charge in [-0.15, -0.1) is 0 Å². The van der Waals surface area contributed by atoms with E-state index in [2.05, 4.69) is 0 Å². The molecule has 16 heavy (non-hydrogen) atoms. The average Bonchev–Trinajstić information content (AvgIpc) is 2.27. The van der Waals surface area contributed by atoms with E-state index < -0.39 is 0 Å². The quantitative estimate of drug-likeness (QED) is 0.614. The Kier molecular flexibility index (Phi) is 4.49. The van der Waals surface area contributed by atoms with Gasteiger partial charge >= 0.3 is 0 Å². The molecule has 0 aliphatic heterocycles. The molecular formula is C12H14N2O2. The highest BCUT2D eigenvalue weighted by molar-refractivity contribution is 5.94. The number of hydrogen-bond acceptors (Lipinski definition) is 3. The number of aliphatic hydroxyl groups excluding tert-OH is 1. The normalized spacial score (nSPS) is 9.56. The van der Waals surface area contributed by atoms with Gasteiger partial charge in [-0.1, -0.05) is 12.1 Å². The third-order valence-electron chi connectivity index (χ3n) is 2.21. The molecule has 1 aromatic carbocycles. The molecule has 1 amide bonds. The highest BCUT2D eigenvalue weighted by atomic mass is 16.2. The second kappa shape index (κ2) is 5.89. The van der Waals surface area contributed by atoms with Gasteiger partial charge < -0.3 is 5.11 Å². The Labute approximate surface area is 94.7 Å². The molecular weight excluding hydrogens is 204 g/mol. The van der Waals surface area contributed by atoms with Gasteiger partial charge in [0.25, 0.3) is 0 Å². The lowest BCUT2D eigenvalue weighted by atomic mass is 10.1. The number of hydrogen-bond donors (Lipinski definition) is 1. The third kappa shape index (κ3) is 3.07. The van der Waals surface area contributed by atoms with Gasteiger partial charge in [-0.2, -0.15) is 5.26 Å². The number of carbonyl (C=O) groups is 1. The first-order valence-corrected chi connectivity index (χ1v) is 5.09. The van der Waals surface area contributed by atoms with E-state index in [1.165, 1.54) is 6.92 Å². The standard InChI is InChI=1S/C12H14N2O2/c1-10(16)14(9-13)12-6-2-4-11(8-12)5-3-7-15/h2,4,6,8,15H,3,5,7H2,1H3. The van der Waals surface area contributed by atoms with Crippen LogP contribution in [-0.4, -0.2) is 17.6 Å². The smallest absolute Gasteiger partial charge is 0.237 e. The summed E-state index contributed by atoms with van der Waals surface area (Å²) in [5.41, 5.74) is 1.58. The highest BCUT2D eigenvalue weighted by Crippen LogP contribution is 2.16. The predicted octanol–water partition coefficient (Wildman–Crippen LogP) is 1.45. The summed E-state index contributed by atoms with van der Waals surface area (Å²) in [4.78, 5) is 12.2. The van der Waals surface area contributed by atoms with Gasteiger partial charge in [-0.3, -0.25) is 4.79 Å². The molecule has 1 aromatic rings. The minimum absolute atomic E-state index is 0.138. The fraction of sp³-hybridized carbons (Fsp3) is 0.333. The van der Waals surface area contributed by atoms with E-state index in [0.29, 0.717) is 12.1 Å². The minimum atomic E-state index is -0.304. The van der Waals surface area contributed by atoms with Crippen LogP contribution in [0.2, 0.25) is 0 Å². The van der Waals surface area contributed by atoms with Crippen molar-refractivity contribution in [2.75, 3.05) is 11.5 Å². The Balaban J connectivity index is 2.89. The molecule has 0 fully saturated rings. The van der Waals surface area contributed by atoms with Crippen LogP contribution >= 0.6 is 0 Å². The van der Waals surface area contributed by atoms with Crippen LogP contribution in [0.1, 0.15) is 18.9 Å². The fourth-order valence-electron chi connectivity index (χ4n) is 1.44. The van der Waals surface area contributed by atoms with Crippen molar-refractivity contribution in [1.29, 1.82) is 5.26 Å². The summed E-state index contributed by atoms with van der Waals surface area (Å²) in [6.07, 6.45) is 3.25. The number of carbonyl (C=O) groups excluding carboxylic acids is 1. The van der Waals surface area contributed by atoms with E-state index in [4.69, 9.17) is 10.4 Å². The van der Waals surface area contributed by atoms with Gasteiger partial charge in [0.15, 0.2) is 6.19 Å². The lowest BCUT2D eigenvalue weighted by Crippen LogP contribution is -2.22. The molecule has 1 rings (SSSR count). The van der Waals surface area contributed by atoms with Gasteiger partial charge in [-0.05, 0) is 30.5 Å². The summed E-state index contributed by atoms with van der Waals surface area (Å²) in [6.45, 7) is 1.49. The maximum absolute atomic E-state index is 11.2. The van der Waals surface area contributed by atoms with Gasteiger partial charge in [0.2, 0.25) is 5.91 Å². The molecule has 4 nitrogen and oxygen atoms in total. The van der Waals surface area contributed by atoms with Crippen LogP contribution in [0.3, 0.4) is 0 Å². The second-order valence-electron chi connectivity index (χ2n) is 3.45. The van der Waals surface area contributed by atoms with Crippen LogP contribution in [0, 0.1) is 11.5 Å². The number of aliphatic hydroxyl groups is 1. The molecule has 0 atom stereocenters. The molecule has 0 radical (unpaired) electrons. The number of nitriles is 1. The first-order valence-electron chi connectivity index (χ1n) is 5.09. The summed E-state index contributed by atoms with van der Waals surface area (Å²) in [5.74, 6) is -0.304. The zero-order chi connectivity index (χ0) is 12.0. The van der Waals surface area contributed by atoms with Crippen LogP contribution in [-0.2, 0) is 11.2 Å². The average molecular weight is 218 g/mol. The van der Waals surface area contributed by atoms with Crippen LogP contribution in [0.5, 0.6) is 0 Å². The molecule has 0 heterocycles. The maximum Gasteiger partial charge on any atom is 0.237 e. The Morgan fingerprint density at radius 1 is 1.56 bits per heavy atom. The van der Waals surface area contributed by atoms with E-state index in [-0.39, 0.29) is 12.5 Å². The topological polar surface area (TPSA) is 64.3 Å². The molecule has 1 N–H and O–H groups in total. The van der Waals surface area contributed by atoms with Crippen molar-refractivity contribution in [1.82, 2.24) is 0 Å². The van der Waals surface area contributed by atoms with Gasteiger partial charge in [-0.25, -0.2) is 4.90 Å². The molecule has 0 bridgehead atoms. The Hall–Kier alpha value is -1.86. The molecule has 0 saturated heterocycles. The highest BCUT2D eigenvalue weighted by Gasteiger charge is 2.10. The van der Waals surface area contributed by atoms with Crippen LogP contribution in [0.4, 0.5) is 5.69 Å². The minimum Gasteiger partial charge on any atom is -0.396 e. The number of anilines is 1. The van der Waals surface area contributed by atoms with Gasteiger partial charge in [0.1, 0.15) is 0 Å². The summed E-state index contributed by atoms with van der Waals surface area (Å²) < 4.78 is 0. The second-order valence-corrected chi connectivity index (χ2v) is 3.45. The predicted molar refractivity (Wildman–Crippen MR) is 60.6 cm³/mol. The van der Waals surface area contributed by atoms with Gasteiger partial charge in [0, 0.05) is 13.5 Å². The van der Waals surface area contributed by atoms with E-state index in [1.807, 2.05) is 12.3 Å². The van der Waals surface area contributed by atoms with E-state index in [1.54, 1.807) is 18.2 Å². The SMILES string of the molecule is CC(=O)N(C#N)c1cccc(CCCO)c1. The molecule has 0 aromatic heterocycles. The van der Waals surface area contributed by atoms with Crippen molar-refractivity contribution in [3.05, 3.63) is 29.8 Å². The Morgan fingerprint density at radius 3 is 2.88 bits per heavy atom. The molecule has 0 aliphatic carbocycles. The van der Waals surface area contributed by atoms with Crippen molar-refractivity contribution >= 4 is 11.6 Å². The lowest BCUT2D eigenvalue weighted by molar-refractivity contribution is -0.115. The Bertz CT molecular complexity index is 410. The molecule has 0 saturated carbocycles. The third-order valence-corrected chi connectivity index (χ3v) is 2.21. The molecule has 0 spiro atoms. The zero-order valence-corrected chi connectivity index (χ0v) is 9.18. The summed E-state index contributed by atoms with van der Waals surface area (Å²) in [6, 6.07) is 7.22. The van der Waals surface area contributed by atoms with Crippen molar-refractivity contribution in [3.63, 3.8) is 0 Å². The van der Waals surface area contributed by atoms with Crippen LogP contribution in [0.15, 0.2) is 24.3 Å². The summed E-state index contributed by atoms with van der Waals surface area (Å²) in [5, 5.41) is 17.6. The van der Waals surface area contributed by atoms with Crippen LogP contribution < -0.4 is 4.90 Å². The van der Waals surface area contributed by atoms with E-state index >= 15 is 0 Å². The lowest BCUT2D eigenvalue weighted by Gasteiger charge is -2.12. The van der Waals surface area contributed by atoms with Gasteiger partial charge in [0.05, 0.1) is 5.69 Å². The van der Waals surface area contributed by atoms with E-state index in [0.717, 1.165) is 16.9 Å². The van der Waals surface area contributed by atoms with Crippen molar-refractivity contribution in [2.24, 2.45) is 0 Å².